The number of aryl methyl sites for hydroxylation is 1. The van der Waals surface area contributed by atoms with Crippen LogP contribution in [0.3, 0.4) is 0 Å². The molecule has 1 atom stereocenters. The van der Waals surface area contributed by atoms with Gasteiger partial charge in [0.25, 0.3) is 0 Å². The Hall–Kier alpha value is -2.14. The van der Waals surface area contributed by atoms with E-state index < -0.39 is 5.54 Å². The number of nitrogens with one attached hydrogen (secondary N) is 1. The van der Waals surface area contributed by atoms with Gasteiger partial charge in [0.05, 0.1) is 0 Å². The maximum absolute atomic E-state index is 12.2. The fourth-order valence-electron chi connectivity index (χ4n) is 2.46. The van der Waals surface area contributed by atoms with Crippen LogP contribution in [-0.2, 0) is 16.9 Å². The van der Waals surface area contributed by atoms with Gasteiger partial charge < -0.3 is 5.73 Å². The van der Waals surface area contributed by atoms with Crippen molar-refractivity contribution in [3.63, 3.8) is 0 Å². The fourth-order valence-corrected chi connectivity index (χ4v) is 2.46. The second-order valence-corrected chi connectivity index (χ2v) is 5.08. The van der Waals surface area contributed by atoms with Crippen molar-refractivity contribution < 1.29 is 4.79 Å². The van der Waals surface area contributed by atoms with E-state index in [2.05, 4.69) is 17.3 Å². The molecule has 5 heteroatoms. The molecule has 0 fully saturated rings. The number of nitrogens with two attached hydrogens (primary N) is 1. The zero-order chi connectivity index (χ0) is 15.1. The lowest BCUT2D eigenvalue weighted by Crippen LogP contribution is -2.53. The molecule has 0 radical (unpaired) electrons. The molecule has 0 aliphatic rings. The molecule has 0 saturated heterocycles. The summed E-state index contributed by atoms with van der Waals surface area (Å²) in [7, 11) is 0. The molecule has 0 spiro atoms. The van der Waals surface area contributed by atoms with E-state index in [-0.39, 0.29) is 5.91 Å². The highest BCUT2D eigenvalue weighted by molar-refractivity contribution is 5.86. The zero-order valence-corrected chi connectivity index (χ0v) is 12.3. The number of amides is 1. The smallest absolute Gasteiger partial charge is 0.242 e. The molecule has 21 heavy (non-hydrogen) atoms. The van der Waals surface area contributed by atoms with Crippen LogP contribution in [0, 0.1) is 0 Å². The molecule has 1 heterocycles. The summed E-state index contributed by atoms with van der Waals surface area (Å²) < 4.78 is 1.81. The standard InChI is InChI=1S/C16H22N4O/c1-2-10-18-16(15(17)21,14-7-4-3-5-8-14)9-13-20-12-6-11-19-20/h3-8,11-12,18H,2,9-10,13H2,1H3,(H2,17,21). The molecule has 1 unspecified atom stereocenters. The zero-order valence-electron chi connectivity index (χ0n) is 12.3. The number of primary amides is 1. The van der Waals surface area contributed by atoms with Crippen LogP contribution in [-0.4, -0.2) is 22.2 Å². The van der Waals surface area contributed by atoms with Crippen LogP contribution in [0.2, 0.25) is 0 Å². The van der Waals surface area contributed by atoms with Crippen LogP contribution in [0.25, 0.3) is 0 Å². The predicted molar refractivity (Wildman–Crippen MR) is 82.5 cm³/mol. The number of benzene rings is 1. The molecule has 3 N–H and O–H groups in total. The summed E-state index contributed by atoms with van der Waals surface area (Å²) >= 11 is 0. The van der Waals surface area contributed by atoms with Gasteiger partial charge in [-0.15, -0.1) is 0 Å². The normalized spacial score (nSPS) is 13.8. The van der Waals surface area contributed by atoms with E-state index in [4.69, 9.17) is 5.73 Å². The molecule has 2 aromatic rings. The largest absolute Gasteiger partial charge is 0.368 e. The third-order valence-corrected chi connectivity index (χ3v) is 3.64. The van der Waals surface area contributed by atoms with Crippen molar-refractivity contribution in [1.82, 2.24) is 15.1 Å². The average Bonchev–Trinajstić information content (AvgIpc) is 3.02. The SMILES string of the molecule is CCCNC(CCn1cccn1)(C(N)=O)c1ccccc1. The summed E-state index contributed by atoms with van der Waals surface area (Å²) in [6.45, 7) is 3.43. The highest BCUT2D eigenvalue weighted by Gasteiger charge is 2.37. The first-order chi connectivity index (χ1) is 10.2. The molecule has 2 rings (SSSR count). The minimum absolute atomic E-state index is 0.352. The van der Waals surface area contributed by atoms with E-state index in [9.17, 15) is 4.79 Å². The Morgan fingerprint density at radius 2 is 2.10 bits per heavy atom. The number of carbonyl (C=O) groups excluding carboxylic acids is 1. The van der Waals surface area contributed by atoms with E-state index >= 15 is 0 Å². The highest BCUT2D eigenvalue weighted by Crippen LogP contribution is 2.25. The van der Waals surface area contributed by atoms with Crippen molar-refractivity contribution in [3.8, 4) is 0 Å². The van der Waals surface area contributed by atoms with Gasteiger partial charge in [0.1, 0.15) is 5.54 Å². The minimum atomic E-state index is -0.858. The number of aromatic nitrogens is 2. The van der Waals surface area contributed by atoms with Gasteiger partial charge in [-0.2, -0.15) is 5.10 Å². The first-order valence-electron chi connectivity index (χ1n) is 7.27. The summed E-state index contributed by atoms with van der Waals surface area (Å²) in [6.07, 6.45) is 5.11. The molecule has 112 valence electrons. The summed E-state index contributed by atoms with van der Waals surface area (Å²) in [6, 6.07) is 11.5. The second-order valence-electron chi connectivity index (χ2n) is 5.08. The number of nitrogens with zero attached hydrogens (tertiary/aromatic N) is 2. The molecular formula is C16H22N4O. The van der Waals surface area contributed by atoms with Gasteiger partial charge in [0.15, 0.2) is 0 Å². The molecule has 1 aromatic heterocycles. The van der Waals surface area contributed by atoms with Gasteiger partial charge in [-0.25, -0.2) is 0 Å². The molecule has 1 aromatic carbocycles. The quantitative estimate of drug-likeness (QED) is 0.775. The Labute approximate surface area is 125 Å². The summed E-state index contributed by atoms with van der Waals surface area (Å²) in [5.41, 5.74) is 5.80. The number of hydrogen-bond donors (Lipinski definition) is 2. The average molecular weight is 286 g/mol. The van der Waals surface area contributed by atoms with Crippen molar-refractivity contribution in [2.24, 2.45) is 5.73 Å². The van der Waals surface area contributed by atoms with Crippen molar-refractivity contribution in [2.45, 2.75) is 31.8 Å². The van der Waals surface area contributed by atoms with Gasteiger partial charge >= 0.3 is 0 Å². The van der Waals surface area contributed by atoms with Crippen LogP contribution in [0.1, 0.15) is 25.3 Å². The maximum atomic E-state index is 12.2. The van der Waals surface area contributed by atoms with Crippen molar-refractivity contribution in [2.75, 3.05) is 6.54 Å². The summed E-state index contributed by atoms with van der Waals surface area (Å²) in [5.74, 6) is -0.352. The topological polar surface area (TPSA) is 72.9 Å². The van der Waals surface area contributed by atoms with E-state index in [0.717, 1.165) is 18.5 Å². The molecule has 0 saturated carbocycles. The molecule has 1 amide bonds. The third-order valence-electron chi connectivity index (χ3n) is 3.64. The molecule has 5 nitrogen and oxygen atoms in total. The Morgan fingerprint density at radius 1 is 1.33 bits per heavy atom. The van der Waals surface area contributed by atoms with Gasteiger partial charge in [-0.05, 0) is 31.0 Å². The predicted octanol–water partition coefficient (Wildman–Crippen LogP) is 1.65. The van der Waals surface area contributed by atoms with E-state index in [1.165, 1.54) is 0 Å². The monoisotopic (exact) mass is 286 g/mol. The van der Waals surface area contributed by atoms with Crippen LogP contribution in [0.15, 0.2) is 48.8 Å². The first kappa shape index (κ1) is 15.3. The maximum Gasteiger partial charge on any atom is 0.242 e. The number of carbonyl (C=O) groups is 1. The van der Waals surface area contributed by atoms with Crippen LogP contribution in [0.4, 0.5) is 0 Å². The second kappa shape index (κ2) is 7.04. The van der Waals surface area contributed by atoms with E-state index in [1.54, 1.807) is 6.20 Å². The van der Waals surface area contributed by atoms with Crippen LogP contribution >= 0.6 is 0 Å². The van der Waals surface area contributed by atoms with E-state index in [0.29, 0.717) is 13.0 Å². The van der Waals surface area contributed by atoms with Gasteiger partial charge in [0, 0.05) is 18.9 Å². The van der Waals surface area contributed by atoms with Crippen LogP contribution < -0.4 is 11.1 Å². The lowest BCUT2D eigenvalue weighted by atomic mass is 9.85. The number of rotatable bonds is 8. The van der Waals surface area contributed by atoms with Gasteiger partial charge in [-0.1, -0.05) is 37.3 Å². The van der Waals surface area contributed by atoms with E-state index in [1.807, 2.05) is 47.3 Å². The first-order valence-corrected chi connectivity index (χ1v) is 7.27. The third kappa shape index (κ3) is 3.49. The van der Waals surface area contributed by atoms with Crippen molar-refractivity contribution in [3.05, 3.63) is 54.4 Å². The molecular weight excluding hydrogens is 264 g/mol. The Balaban J connectivity index is 2.28. The summed E-state index contributed by atoms with van der Waals surface area (Å²) in [5, 5.41) is 7.53. The Morgan fingerprint density at radius 3 is 2.67 bits per heavy atom. The molecule has 0 bridgehead atoms. The Kier molecular flexibility index (Phi) is 5.11. The molecule has 0 aliphatic carbocycles. The number of hydrogen-bond acceptors (Lipinski definition) is 3. The summed E-state index contributed by atoms with van der Waals surface area (Å²) in [4.78, 5) is 12.2. The minimum Gasteiger partial charge on any atom is -0.368 e. The highest BCUT2D eigenvalue weighted by atomic mass is 16.1. The van der Waals surface area contributed by atoms with Crippen LogP contribution in [0.5, 0.6) is 0 Å². The lowest BCUT2D eigenvalue weighted by Gasteiger charge is -2.32. The molecule has 0 aliphatic heterocycles. The van der Waals surface area contributed by atoms with Gasteiger partial charge in [0.2, 0.25) is 5.91 Å². The lowest BCUT2D eigenvalue weighted by molar-refractivity contribution is -0.125. The van der Waals surface area contributed by atoms with Crippen molar-refractivity contribution in [1.29, 1.82) is 0 Å². The van der Waals surface area contributed by atoms with Crippen molar-refractivity contribution >= 4 is 5.91 Å². The van der Waals surface area contributed by atoms with Gasteiger partial charge in [-0.3, -0.25) is 14.8 Å². The Bertz CT molecular complexity index is 553. The fraction of sp³-hybridized carbons (Fsp3) is 0.375.